The number of nitrogens with one attached hydrogen (secondary N) is 2. The van der Waals surface area contributed by atoms with Crippen LogP contribution in [-0.4, -0.2) is 27.1 Å². The third-order valence-electron chi connectivity index (χ3n) is 1.50. The summed E-state index contributed by atoms with van der Waals surface area (Å²) < 4.78 is 0. The van der Waals surface area contributed by atoms with Crippen molar-refractivity contribution in [2.75, 3.05) is 0 Å². The van der Waals surface area contributed by atoms with E-state index in [4.69, 9.17) is 5.11 Å². The molecule has 1 aromatic heterocycles. The molecule has 12 heavy (non-hydrogen) atoms. The highest BCUT2D eigenvalue weighted by Gasteiger charge is 2.09. The lowest BCUT2D eigenvalue weighted by Gasteiger charge is -2.06. The molecule has 1 aromatic rings. The van der Waals surface area contributed by atoms with E-state index in [2.05, 4.69) is 15.3 Å². The van der Waals surface area contributed by atoms with Gasteiger partial charge < -0.3 is 10.1 Å². The molecule has 5 nitrogen and oxygen atoms in total. The summed E-state index contributed by atoms with van der Waals surface area (Å²) in [6.45, 7) is 2.03. The molecule has 0 amide bonds. The van der Waals surface area contributed by atoms with Gasteiger partial charge in [0.25, 0.3) is 0 Å². The Labute approximate surface area is 69.8 Å². The molecule has 0 aliphatic heterocycles. The lowest BCUT2D eigenvalue weighted by atomic mass is 10.3. The van der Waals surface area contributed by atoms with Crippen LogP contribution in [0.1, 0.15) is 12.7 Å². The molecular weight excluding hydrogens is 158 g/mol. The van der Waals surface area contributed by atoms with Crippen LogP contribution in [0.2, 0.25) is 0 Å². The van der Waals surface area contributed by atoms with Gasteiger partial charge in [0.05, 0.1) is 6.54 Å². The van der Waals surface area contributed by atoms with E-state index in [-0.39, 0.29) is 0 Å². The maximum atomic E-state index is 10.4. The summed E-state index contributed by atoms with van der Waals surface area (Å²) in [5, 5.41) is 11.3. The minimum atomic E-state index is -0.860. The van der Waals surface area contributed by atoms with Crippen LogP contribution in [0.3, 0.4) is 0 Å². The highest BCUT2D eigenvalue weighted by Crippen LogP contribution is 1.89. The first-order valence-corrected chi connectivity index (χ1v) is 3.64. The number of aromatic nitrogens is 2. The van der Waals surface area contributed by atoms with Gasteiger partial charge in [-0.3, -0.25) is 10.1 Å². The molecule has 0 aliphatic rings. The molecule has 1 unspecified atom stereocenters. The third-order valence-corrected chi connectivity index (χ3v) is 1.50. The van der Waals surface area contributed by atoms with E-state index >= 15 is 0 Å². The number of rotatable bonds is 4. The van der Waals surface area contributed by atoms with E-state index in [1.165, 1.54) is 0 Å². The zero-order valence-corrected chi connectivity index (χ0v) is 6.74. The minimum Gasteiger partial charge on any atom is -0.480 e. The molecule has 0 aromatic carbocycles. The van der Waals surface area contributed by atoms with Crippen molar-refractivity contribution in [1.82, 2.24) is 15.3 Å². The fraction of sp³-hybridized carbons (Fsp3) is 0.429. The van der Waals surface area contributed by atoms with E-state index in [0.29, 0.717) is 6.54 Å². The number of hydrogen-bond donors (Lipinski definition) is 3. The summed E-state index contributed by atoms with van der Waals surface area (Å²) in [5.74, 6) is -0.121. The Morgan fingerprint density at radius 1 is 1.92 bits per heavy atom. The second-order valence-corrected chi connectivity index (χ2v) is 2.48. The molecule has 0 spiro atoms. The topological polar surface area (TPSA) is 78.0 Å². The zero-order valence-electron chi connectivity index (χ0n) is 6.74. The van der Waals surface area contributed by atoms with E-state index in [1.54, 1.807) is 19.3 Å². The molecule has 0 saturated heterocycles. The van der Waals surface area contributed by atoms with E-state index in [0.717, 1.165) is 5.82 Å². The Hall–Kier alpha value is -1.36. The standard InChI is InChI=1S/C7H11N3O2/c1-5(7(11)12)10-4-6-8-2-3-9-6/h2-3,5,10H,4H2,1H3,(H,8,9)(H,11,12). The minimum absolute atomic E-state index is 0.445. The maximum Gasteiger partial charge on any atom is 0.320 e. The number of aromatic amines is 1. The highest BCUT2D eigenvalue weighted by atomic mass is 16.4. The number of carboxylic acid groups (broad SMARTS) is 1. The van der Waals surface area contributed by atoms with Crippen molar-refractivity contribution < 1.29 is 9.90 Å². The van der Waals surface area contributed by atoms with Crippen molar-refractivity contribution in [3.63, 3.8) is 0 Å². The predicted molar refractivity (Wildman–Crippen MR) is 42.5 cm³/mol. The Balaban J connectivity index is 2.31. The summed E-state index contributed by atoms with van der Waals surface area (Å²) >= 11 is 0. The fourth-order valence-corrected chi connectivity index (χ4v) is 0.732. The molecule has 1 atom stereocenters. The lowest BCUT2D eigenvalue weighted by Crippen LogP contribution is -2.33. The van der Waals surface area contributed by atoms with Crippen LogP contribution in [0.25, 0.3) is 0 Å². The number of carbonyl (C=O) groups is 1. The number of imidazole rings is 1. The van der Waals surface area contributed by atoms with Crippen molar-refractivity contribution in [1.29, 1.82) is 0 Å². The molecule has 0 fully saturated rings. The van der Waals surface area contributed by atoms with Gasteiger partial charge in [0.2, 0.25) is 0 Å². The molecule has 3 N–H and O–H groups in total. The van der Waals surface area contributed by atoms with Crippen LogP contribution in [0.15, 0.2) is 12.4 Å². The first-order chi connectivity index (χ1) is 5.70. The smallest absolute Gasteiger partial charge is 0.320 e. The molecule has 5 heteroatoms. The van der Waals surface area contributed by atoms with Crippen LogP contribution in [0.5, 0.6) is 0 Å². The van der Waals surface area contributed by atoms with Crippen molar-refractivity contribution in [3.8, 4) is 0 Å². The molecule has 66 valence electrons. The van der Waals surface area contributed by atoms with Crippen molar-refractivity contribution in [2.45, 2.75) is 19.5 Å². The van der Waals surface area contributed by atoms with Gasteiger partial charge in [-0.2, -0.15) is 0 Å². The maximum absolute atomic E-state index is 10.4. The van der Waals surface area contributed by atoms with Gasteiger partial charge in [0, 0.05) is 12.4 Å². The summed E-state index contributed by atoms with van der Waals surface area (Å²) in [6.07, 6.45) is 3.32. The molecule has 0 radical (unpaired) electrons. The van der Waals surface area contributed by atoms with Crippen molar-refractivity contribution >= 4 is 5.97 Å². The van der Waals surface area contributed by atoms with Crippen LogP contribution < -0.4 is 5.32 Å². The molecule has 0 saturated carbocycles. The van der Waals surface area contributed by atoms with Crippen LogP contribution in [0.4, 0.5) is 0 Å². The Morgan fingerprint density at radius 3 is 3.17 bits per heavy atom. The number of nitrogens with zero attached hydrogens (tertiary/aromatic N) is 1. The van der Waals surface area contributed by atoms with E-state index in [9.17, 15) is 4.79 Å². The predicted octanol–water partition coefficient (Wildman–Crippen LogP) is -0.0276. The first-order valence-electron chi connectivity index (χ1n) is 3.64. The van der Waals surface area contributed by atoms with Gasteiger partial charge in [-0.05, 0) is 6.92 Å². The van der Waals surface area contributed by atoms with Crippen LogP contribution in [0, 0.1) is 0 Å². The normalized spacial score (nSPS) is 12.8. The summed E-state index contributed by atoms with van der Waals surface area (Å²) in [7, 11) is 0. The number of hydrogen-bond acceptors (Lipinski definition) is 3. The molecule has 0 aliphatic carbocycles. The molecule has 1 rings (SSSR count). The lowest BCUT2D eigenvalue weighted by molar-refractivity contribution is -0.139. The Kier molecular flexibility index (Phi) is 2.82. The SMILES string of the molecule is CC(NCc1ncc[nH]1)C(=O)O. The highest BCUT2D eigenvalue weighted by molar-refractivity contribution is 5.72. The molecule has 1 heterocycles. The van der Waals surface area contributed by atoms with Gasteiger partial charge in [0.1, 0.15) is 11.9 Å². The van der Waals surface area contributed by atoms with E-state index in [1.807, 2.05) is 0 Å². The van der Waals surface area contributed by atoms with Crippen LogP contribution in [-0.2, 0) is 11.3 Å². The number of carboxylic acids is 1. The Morgan fingerprint density at radius 2 is 2.67 bits per heavy atom. The number of aliphatic carboxylic acids is 1. The third kappa shape index (κ3) is 2.35. The van der Waals surface area contributed by atoms with Crippen molar-refractivity contribution in [2.24, 2.45) is 0 Å². The molecular formula is C7H11N3O2. The van der Waals surface area contributed by atoms with E-state index < -0.39 is 12.0 Å². The summed E-state index contributed by atoms with van der Waals surface area (Å²) in [4.78, 5) is 17.2. The fourth-order valence-electron chi connectivity index (χ4n) is 0.732. The quantitative estimate of drug-likeness (QED) is 0.591. The van der Waals surface area contributed by atoms with Crippen LogP contribution >= 0.6 is 0 Å². The second-order valence-electron chi connectivity index (χ2n) is 2.48. The summed E-state index contributed by atoms with van der Waals surface area (Å²) in [5.41, 5.74) is 0. The van der Waals surface area contributed by atoms with Gasteiger partial charge in [-0.1, -0.05) is 0 Å². The Bertz CT molecular complexity index is 245. The monoisotopic (exact) mass is 169 g/mol. The van der Waals surface area contributed by atoms with Gasteiger partial charge >= 0.3 is 5.97 Å². The summed E-state index contributed by atoms with van der Waals surface area (Å²) in [6, 6.07) is -0.546. The van der Waals surface area contributed by atoms with Crippen molar-refractivity contribution in [3.05, 3.63) is 18.2 Å². The number of H-pyrrole nitrogens is 1. The second kappa shape index (κ2) is 3.87. The zero-order chi connectivity index (χ0) is 8.97. The first kappa shape index (κ1) is 8.73. The average molecular weight is 169 g/mol. The van der Waals surface area contributed by atoms with Gasteiger partial charge in [0.15, 0.2) is 0 Å². The molecule has 0 bridgehead atoms. The average Bonchev–Trinajstić information content (AvgIpc) is 2.51. The van der Waals surface area contributed by atoms with Gasteiger partial charge in [-0.25, -0.2) is 4.98 Å². The van der Waals surface area contributed by atoms with Gasteiger partial charge in [-0.15, -0.1) is 0 Å². The largest absolute Gasteiger partial charge is 0.480 e.